The van der Waals surface area contributed by atoms with Gasteiger partial charge in [0.05, 0.1) is 12.5 Å². The van der Waals surface area contributed by atoms with Crippen molar-refractivity contribution in [3.05, 3.63) is 0 Å². The summed E-state index contributed by atoms with van der Waals surface area (Å²) in [7, 11) is 0. The fourth-order valence-corrected chi connectivity index (χ4v) is 1.61. The number of carbonyl (C=O) groups is 1. The van der Waals surface area contributed by atoms with Crippen molar-refractivity contribution < 1.29 is 9.53 Å². The monoisotopic (exact) mass is 229 g/mol. The zero-order valence-electron chi connectivity index (χ0n) is 11.0. The van der Waals surface area contributed by atoms with E-state index in [-0.39, 0.29) is 11.9 Å². The molecule has 16 heavy (non-hydrogen) atoms. The highest BCUT2D eigenvalue weighted by molar-refractivity contribution is 5.71. The zero-order chi connectivity index (χ0) is 12.4. The molecular formula is C13H27NO2. The average molecular weight is 229 g/mol. The molecule has 0 aromatic heterocycles. The molecule has 0 amide bonds. The van der Waals surface area contributed by atoms with E-state index in [0.717, 1.165) is 12.8 Å². The second-order valence-electron chi connectivity index (χ2n) is 4.52. The highest BCUT2D eigenvalue weighted by Crippen LogP contribution is 2.14. The van der Waals surface area contributed by atoms with Gasteiger partial charge in [-0.25, -0.2) is 0 Å². The lowest BCUT2D eigenvalue weighted by molar-refractivity contribution is -0.149. The molecule has 0 aliphatic carbocycles. The normalized spacial score (nSPS) is 14.5. The van der Waals surface area contributed by atoms with Crippen molar-refractivity contribution in [2.24, 2.45) is 17.6 Å². The summed E-state index contributed by atoms with van der Waals surface area (Å²) in [6.07, 6.45) is 5.37. The Hall–Kier alpha value is -0.570. The fraction of sp³-hybridized carbons (Fsp3) is 0.923. The predicted molar refractivity (Wildman–Crippen MR) is 67.1 cm³/mol. The lowest BCUT2D eigenvalue weighted by atomic mass is 10.0. The number of nitrogens with two attached hydrogens (primary N) is 1. The Morgan fingerprint density at radius 1 is 1.31 bits per heavy atom. The molecule has 0 heterocycles. The maximum Gasteiger partial charge on any atom is 0.308 e. The third-order valence-electron chi connectivity index (χ3n) is 3.01. The third kappa shape index (κ3) is 6.83. The van der Waals surface area contributed by atoms with Crippen LogP contribution in [-0.4, -0.2) is 19.1 Å². The predicted octanol–water partition coefficient (Wildman–Crippen LogP) is 2.73. The van der Waals surface area contributed by atoms with Crippen LogP contribution in [0.4, 0.5) is 0 Å². The van der Waals surface area contributed by atoms with Gasteiger partial charge in [-0.1, -0.05) is 40.0 Å². The van der Waals surface area contributed by atoms with Crippen LogP contribution in [0.2, 0.25) is 0 Å². The van der Waals surface area contributed by atoms with Crippen LogP contribution in [-0.2, 0) is 9.53 Å². The first-order valence-electron chi connectivity index (χ1n) is 6.52. The van der Waals surface area contributed by atoms with Crippen molar-refractivity contribution in [2.75, 3.05) is 13.2 Å². The summed E-state index contributed by atoms with van der Waals surface area (Å²) in [5.74, 6) is 0.364. The second-order valence-corrected chi connectivity index (χ2v) is 4.52. The van der Waals surface area contributed by atoms with E-state index < -0.39 is 0 Å². The molecule has 0 saturated heterocycles. The van der Waals surface area contributed by atoms with Gasteiger partial charge in [0.1, 0.15) is 0 Å². The van der Waals surface area contributed by atoms with E-state index in [2.05, 4.69) is 13.8 Å². The van der Waals surface area contributed by atoms with E-state index >= 15 is 0 Å². The smallest absolute Gasteiger partial charge is 0.308 e. The van der Waals surface area contributed by atoms with Crippen LogP contribution in [0.25, 0.3) is 0 Å². The minimum Gasteiger partial charge on any atom is -0.465 e. The van der Waals surface area contributed by atoms with Gasteiger partial charge in [-0.15, -0.1) is 0 Å². The summed E-state index contributed by atoms with van der Waals surface area (Å²) in [6.45, 7) is 7.33. The number of ether oxygens (including phenoxy) is 1. The van der Waals surface area contributed by atoms with Gasteiger partial charge in [-0.05, 0) is 25.3 Å². The van der Waals surface area contributed by atoms with Crippen LogP contribution in [0.3, 0.4) is 0 Å². The molecule has 0 spiro atoms. The summed E-state index contributed by atoms with van der Waals surface area (Å²) >= 11 is 0. The fourth-order valence-electron chi connectivity index (χ4n) is 1.61. The second kappa shape index (κ2) is 9.64. The van der Waals surface area contributed by atoms with Gasteiger partial charge >= 0.3 is 5.97 Å². The Morgan fingerprint density at radius 3 is 2.50 bits per heavy atom. The van der Waals surface area contributed by atoms with Crippen molar-refractivity contribution >= 4 is 5.97 Å². The summed E-state index contributed by atoms with van der Waals surface area (Å²) in [5, 5.41) is 0. The minimum atomic E-state index is -0.0969. The maximum absolute atomic E-state index is 11.5. The van der Waals surface area contributed by atoms with E-state index in [0.29, 0.717) is 25.5 Å². The Kier molecular flexibility index (Phi) is 9.30. The molecule has 0 rings (SSSR count). The first-order chi connectivity index (χ1) is 7.65. The van der Waals surface area contributed by atoms with Crippen molar-refractivity contribution in [1.29, 1.82) is 0 Å². The number of hydrogen-bond donors (Lipinski definition) is 1. The van der Waals surface area contributed by atoms with E-state index in [4.69, 9.17) is 10.5 Å². The molecule has 2 atom stereocenters. The highest BCUT2D eigenvalue weighted by Gasteiger charge is 2.15. The number of hydrogen-bond acceptors (Lipinski definition) is 3. The quantitative estimate of drug-likeness (QED) is 0.618. The largest absolute Gasteiger partial charge is 0.465 e. The van der Waals surface area contributed by atoms with E-state index in [9.17, 15) is 4.79 Å². The average Bonchev–Trinajstić information content (AvgIpc) is 2.29. The zero-order valence-corrected chi connectivity index (χ0v) is 11.0. The summed E-state index contributed by atoms with van der Waals surface area (Å²) in [6, 6.07) is 0. The minimum absolute atomic E-state index is 0.0614. The third-order valence-corrected chi connectivity index (χ3v) is 3.01. The van der Waals surface area contributed by atoms with Gasteiger partial charge in [-0.2, -0.15) is 0 Å². The molecule has 3 heteroatoms. The summed E-state index contributed by atoms with van der Waals surface area (Å²) in [5.41, 5.74) is 5.41. The molecule has 2 N–H and O–H groups in total. The van der Waals surface area contributed by atoms with E-state index in [1.54, 1.807) is 0 Å². The summed E-state index contributed by atoms with van der Waals surface area (Å²) < 4.78 is 5.31. The first-order valence-corrected chi connectivity index (χ1v) is 6.52. The molecule has 0 aromatic carbocycles. The van der Waals surface area contributed by atoms with Gasteiger partial charge in [0.2, 0.25) is 0 Å². The van der Waals surface area contributed by atoms with Crippen LogP contribution >= 0.6 is 0 Å². The maximum atomic E-state index is 11.5. The summed E-state index contributed by atoms with van der Waals surface area (Å²) in [4.78, 5) is 11.5. The topological polar surface area (TPSA) is 52.3 Å². The molecule has 0 bridgehead atoms. The van der Waals surface area contributed by atoms with Gasteiger partial charge < -0.3 is 10.5 Å². The molecule has 0 fully saturated rings. The number of rotatable bonds is 9. The molecule has 96 valence electrons. The first kappa shape index (κ1) is 15.4. The Labute approximate surface area is 99.7 Å². The van der Waals surface area contributed by atoms with Gasteiger partial charge in [0.15, 0.2) is 0 Å². The molecular weight excluding hydrogens is 202 g/mol. The van der Waals surface area contributed by atoms with Crippen LogP contribution in [0.1, 0.15) is 52.9 Å². The van der Waals surface area contributed by atoms with Crippen LogP contribution < -0.4 is 5.73 Å². The molecule has 0 aliphatic rings. The molecule has 0 saturated carbocycles. The van der Waals surface area contributed by atoms with Gasteiger partial charge in [0.25, 0.3) is 0 Å². The molecule has 0 aromatic rings. The number of esters is 1. The van der Waals surface area contributed by atoms with Crippen molar-refractivity contribution in [3.63, 3.8) is 0 Å². The van der Waals surface area contributed by atoms with Crippen LogP contribution in [0.5, 0.6) is 0 Å². The van der Waals surface area contributed by atoms with Gasteiger partial charge in [-0.3, -0.25) is 4.79 Å². The van der Waals surface area contributed by atoms with Crippen LogP contribution in [0, 0.1) is 11.8 Å². The van der Waals surface area contributed by atoms with Crippen molar-refractivity contribution in [2.45, 2.75) is 52.9 Å². The lowest BCUT2D eigenvalue weighted by Crippen LogP contribution is -2.21. The number of carbonyl (C=O) groups excluding carboxylic acids is 1. The van der Waals surface area contributed by atoms with E-state index in [1.807, 2.05) is 6.92 Å². The highest BCUT2D eigenvalue weighted by atomic mass is 16.5. The Balaban J connectivity index is 3.78. The van der Waals surface area contributed by atoms with Crippen LogP contribution in [0.15, 0.2) is 0 Å². The molecule has 0 aliphatic heterocycles. The lowest BCUT2D eigenvalue weighted by Gasteiger charge is -2.16. The SMILES string of the molecule is CCCCC(CC)COC(=O)C(C)CCN. The molecule has 0 radical (unpaired) electrons. The van der Waals surface area contributed by atoms with Gasteiger partial charge in [0, 0.05) is 0 Å². The molecule has 3 nitrogen and oxygen atoms in total. The van der Waals surface area contributed by atoms with Crippen molar-refractivity contribution in [3.8, 4) is 0 Å². The van der Waals surface area contributed by atoms with E-state index in [1.165, 1.54) is 12.8 Å². The number of unbranched alkanes of at least 4 members (excludes halogenated alkanes) is 1. The Bertz CT molecular complexity index is 183. The standard InChI is InChI=1S/C13H27NO2/c1-4-6-7-12(5-2)10-16-13(15)11(3)8-9-14/h11-12H,4-10,14H2,1-3H3. The molecule has 2 unspecified atom stereocenters. The van der Waals surface area contributed by atoms with Crippen molar-refractivity contribution in [1.82, 2.24) is 0 Å². The Morgan fingerprint density at radius 2 is 2.00 bits per heavy atom.